The fourth-order valence-corrected chi connectivity index (χ4v) is 9.21. The van der Waals surface area contributed by atoms with Crippen LogP contribution in [0.2, 0.25) is 0 Å². The van der Waals surface area contributed by atoms with Gasteiger partial charge < -0.3 is 5.11 Å². The quantitative estimate of drug-likeness (QED) is 0.474. The molecule has 0 aromatic heterocycles. The maximum atomic E-state index is 11.6. The predicted molar refractivity (Wildman–Crippen MR) is 124 cm³/mol. The summed E-state index contributed by atoms with van der Waals surface area (Å²) in [4.78, 5) is 0. The van der Waals surface area contributed by atoms with E-state index in [-0.39, 0.29) is 6.10 Å². The van der Waals surface area contributed by atoms with Gasteiger partial charge in [-0.05, 0) is 111 Å². The van der Waals surface area contributed by atoms with Gasteiger partial charge in [-0.25, -0.2) is 0 Å². The third kappa shape index (κ3) is 3.48. The van der Waals surface area contributed by atoms with E-state index in [1.54, 1.807) is 0 Å². The van der Waals surface area contributed by atoms with Crippen molar-refractivity contribution >= 4 is 0 Å². The molecule has 4 saturated carbocycles. The smallest absolute Gasteiger partial charge is 0.0581 e. The van der Waals surface area contributed by atoms with Gasteiger partial charge in [0.1, 0.15) is 0 Å². The zero-order chi connectivity index (χ0) is 21.0. The molecule has 0 aromatic carbocycles. The van der Waals surface area contributed by atoms with E-state index in [2.05, 4.69) is 40.9 Å². The molecule has 0 bridgehead atoms. The van der Waals surface area contributed by atoms with Crippen molar-refractivity contribution in [2.24, 2.45) is 46.3 Å². The van der Waals surface area contributed by atoms with Crippen LogP contribution in [0.25, 0.3) is 0 Å². The average Bonchev–Trinajstić information content (AvgIpc) is 3.01. The first-order valence-corrected chi connectivity index (χ1v) is 12.7. The summed E-state index contributed by atoms with van der Waals surface area (Å²) in [5.74, 6) is 4.53. The van der Waals surface area contributed by atoms with Crippen molar-refractivity contribution in [3.05, 3.63) is 24.3 Å². The summed E-state index contributed by atoms with van der Waals surface area (Å²) in [5.41, 5.74) is 3.11. The lowest BCUT2D eigenvalue weighted by Gasteiger charge is -2.62. The minimum Gasteiger partial charge on any atom is -0.393 e. The van der Waals surface area contributed by atoms with Crippen molar-refractivity contribution in [1.29, 1.82) is 0 Å². The standard InChI is InChI=1S/C28H46O/c1-18(2)19(3)10-11-20(4)23-14-15-24-22-13-12-21-9-7-8-16-27(21,5)26(22)25(29)17-28(23,24)6/h20-26,29H,1,3,7-17H2,2,4-6H3/t20-,21?,22+,23-,24+,25?,26-,27+,28-/m1/s1. The van der Waals surface area contributed by atoms with Crippen LogP contribution < -0.4 is 0 Å². The van der Waals surface area contributed by atoms with Crippen molar-refractivity contribution in [2.45, 2.75) is 104 Å². The molecule has 1 N–H and O–H groups in total. The van der Waals surface area contributed by atoms with Gasteiger partial charge in [-0.2, -0.15) is 0 Å². The largest absolute Gasteiger partial charge is 0.393 e. The van der Waals surface area contributed by atoms with E-state index in [9.17, 15) is 5.11 Å². The maximum Gasteiger partial charge on any atom is 0.0581 e. The minimum atomic E-state index is -0.0784. The van der Waals surface area contributed by atoms with Crippen LogP contribution in [-0.2, 0) is 0 Å². The van der Waals surface area contributed by atoms with Gasteiger partial charge in [0.2, 0.25) is 0 Å². The van der Waals surface area contributed by atoms with E-state index in [4.69, 9.17) is 0 Å². The van der Waals surface area contributed by atoms with Gasteiger partial charge in [-0.15, -0.1) is 0 Å². The zero-order valence-electron chi connectivity index (χ0n) is 19.7. The summed E-state index contributed by atoms with van der Waals surface area (Å²) in [6, 6.07) is 0. The number of aliphatic hydroxyl groups excluding tert-OH is 1. The zero-order valence-corrected chi connectivity index (χ0v) is 19.7. The SMILES string of the molecule is C=C(C)C(=C)CC[C@@H](C)[C@H]1CC[C@H]2[C@@H]3CCC4CCCC[C@]4(C)[C@H]3C(O)C[C@]12C. The number of hydrogen-bond acceptors (Lipinski definition) is 1. The first kappa shape index (κ1) is 21.7. The molecule has 164 valence electrons. The van der Waals surface area contributed by atoms with Crippen LogP contribution in [0, 0.1) is 46.3 Å². The fraction of sp³-hybridized carbons (Fsp3) is 0.857. The van der Waals surface area contributed by atoms with Crippen LogP contribution >= 0.6 is 0 Å². The monoisotopic (exact) mass is 398 g/mol. The molecule has 2 unspecified atom stereocenters. The lowest BCUT2D eigenvalue weighted by molar-refractivity contribution is -0.171. The van der Waals surface area contributed by atoms with E-state index >= 15 is 0 Å². The van der Waals surface area contributed by atoms with Crippen molar-refractivity contribution in [3.63, 3.8) is 0 Å². The third-order valence-corrected chi connectivity index (χ3v) is 10.8. The lowest BCUT2D eigenvalue weighted by Crippen LogP contribution is -2.58. The molecule has 4 rings (SSSR count). The van der Waals surface area contributed by atoms with E-state index < -0.39 is 0 Å². The van der Waals surface area contributed by atoms with Crippen LogP contribution in [0.4, 0.5) is 0 Å². The van der Waals surface area contributed by atoms with Crippen molar-refractivity contribution < 1.29 is 5.11 Å². The highest BCUT2D eigenvalue weighted by molar-refractivity contribution is 5.22. The van der Waals surface area contributed by atoms with Gasteiger partial charge in [-0.3, -0.25) is 0 Å². The molecule has 4 aliphatic rings. The van der Waals surface area contributed by atoms with Crippen LogP contribution in [-0.4, -0.2) is 11.2 Å². The summed E-state index contributed by atoms with van der Waals surface area (Å²) < 4.78 is 0. The second kappa shape index (κ2) is 7.85. The Hall–Kier alpha value is -0.560. The Morgan fingerprint density at radius 3 is 2.52 bits per heavy atom. The Bertz CT molecular complexity index is 649. The fourth-order valence-electron chi connectivity index (χ4n) is 9.21. The van der Waals surface area contributed by atoms with Crippen LogP contribution in [0.15, 0.2) is 24.3 Å². The molecule has 1 heteroatoms. The molecule has 0 aromatic rings. The Morgan fingerprint density at radius 2 is 1.79 bits per heavy atom. The lowest BCUT2D eigenvalue weighted by atomic mass is 9.43. The summed E-state index contributed by atoms with van der Waals surface area (Å²) in [5, 5.41) is 11.6. The molecular formula is C28H46O. The molecule has 0 aliphatic heterocycles. The highest BCUT2D eigenvalue weighted by Gasteiger charge is 2.62. The van der Waals surface area contributed by atoms with Gasteiger partial charge in [-0.1, -0.05) is 57.9 Å². The van der Waals surface area contributed by atoms with Crippen LogP contribution in [0.3, 0.4) is 0 Å². The summed E-state index contributed by atoms with van der Waals surface area (Å²) in [6.07, 6.45) is 14.5. The van der Waals surface area contributed by atoms with E-state index in [0.29, 0.717) is 22.7 Å². The Morgan fingerprint density at radius 1 is 1.03 bits per heavy atom. The topological polar surface area (TPSA) is 20.2 Å². The molecule has 4 fully saturated rings. The number of rotatable bonds is 5. The average molecular weight is 399 g/mol. The molecule has 0 spiro atoms. The highest BCUT2D eigenvalue weighted by atomic mass is 16.3. The second-order valence-electron chi connectivity index (χ2n) is 12.2. The van der Waals surface area contributed by atoms with Gasteiger partial charge in [0.15, 0.2) is 0 Å². The maximum absolute atomic E-state index is 11.6. The first-order valence-electron chi connectivity index (χ1n) is 12.7. The van der Waals surface area contributed by atoms with Crippen molar-refractivity contribution in [3.8, 4) is 0 Å². The molecule has 4 aliphatic carbocycles. The molecular weight excluding hydrogens is 352 g/mol. The molecule has 0 amide bonds. The summed E-state index contributed by atoms with van der Waals surface area (Å²) in [7, 11) is 0. The van der Waals surface area contributed by atoms with E-state index in [1.165, 1.54) is 63.4 Å². The van der Waals surface area contributed by atoms with E-state index in [0.717, 1.165) is 42.1 Å². The van der Waals surface area contributed by atoms with Gasteiger partial charge in [0.25, 0.3) is 0 Å². The van der Waals surface area contributed by atoms with Crippen LogP contribution in [0.1, 0.15) is 98.3 Å². The van der Waals surface area contributed by atoms with Gasteiger partial charge in [0.05, 0.1) is 6.10 Å². The summed E-state index contributed by atoms with van der Waals surface area (Å²) in [6.45, 7) is 18.0. The van der Waals surface area contributed by atoms with E-state index in [1.807, 2.05) is 0 Å². The molecule has 0 heterocycles. The molecule has 29 heavy (non-hydrogen) atoms. The van der Waals surface area contributed by atoms with Crippen molar-refractivity contribution in [2.75, 3.05) is 0 Å². The third-order valence-electron chi connectivity index (χ3n) is 10.8. The minimum absolute atomic E-state index is 0.0784. The number of allylic oxidation sites excluding steroid dienone is 2. The Kier molecular flexibility index (Phi) is 5.86. The molecule has 0 radical (unpaired) electrons. The summed E-state index contributed by atoms with van der Waals surface area (Å²) >= 11 is 0. The highest BCUT2D eigenvalue weighted by Crippen LogP contribution is 2.68. The van der Waals surface area contributed by atoms with Crippen LogP contribution in [0.5, 0.6) is 0 Å². The van der Waals surface area contributed by atoms with Gasteiger partial charge in [0, 0.05) is 0 Å². The Labute approximate surface area is 180 Å². The van der Waals surface area contributed by atoms with Gasteiger partial charge >= 0.3 is 0 Å². The normalized spacial score (nSPS) is 47.6. The Balaban J connectivity index is 1.52. The predicted octanol–water partition coefficient (Wildman–Crippen LogP) is 7.55. The first-order chi connectivity index (χ1) is 13.7. The molecule has 1 nitrogen and oxygen atoms in total. The number of aliphatic hydroxyl groups is 1. The number of fused-ring (bicyclic) bond motifs is 5. The molecule has 0 saturated heterocycles. The molecule has 9 atom stereocenters. The second-order valence-corrected chi connectivity index (χ2v) is 12.2. The number of hydrogen-bond donors (Lipinski definition) is 1. The van der Waals surface area contributed by atoms with Crippen molar-refractivity contribution in [1.82, 2.24) is 0 Å².